The topological polar surface area (TPSA) is 69.6 Å². The van der Waals surface area contributed by atoms with Gasteiger partial charge in [0.15, 0.2) is 0 Å². The Balaban J connectivity index is 2.80. The summed E-state index contributed by atoms with van der Waals surface area (Å²) in [5, 5.41) is 11.9. The maximum atomic E-state index is 11.8. The number of aliphatic carboxylic acids is 1. The number of anilines is 1. The van der Waals surface area contributed by atoms with Gasteiger partial charge in [-0.15, -0.1) is 6.58 Å². The van der Waals surface area contributed by atoms with Gasteiger partial charge < -0.3 is 15.3 Å². The fourth-order valence-corrected chi connectivity index (χ4v) is 1.59. The Morgan fingerprint density at radius 3 is 2.35 bits per heavy atom. The smallest absolute Gasteiger partial charge is 0.321 e. The molecule has 0 heterocycles. The molecule has 0 saturated heterocycles. The zero-order valence-electron chi connectivity index (χ0n) is 12.0. The molecule has 0 spiro atoms. The molecule has 0 aliphatic rings. The van der Waals surface area contributed by atoms with Crippen molar-refractivity contribution in [2.45, 2.75) is 19.3 Å². The molecule has 0 aromatic heterocycles. The summed E-state index contributed by atoms with van der Waals surface area (Å²) < 4.78 is 0. The van der Waals surface area contributed by atoms with Crippen LogP contribution in [0.4, 0.5) is 10.5 Å². The summed E-state index contributed by atoms with van der Waals surface area (Å²) >= 11 is 0. The predicted octanol–water partition coefficient (Wildman–Crippen LogP) is 2.70. The van der Waals surface area contributed by atoms with Crippen molar-refractivity contribution in [1.29, 1.82) is 0 Å². The lowest BCUT2D eigenvalue weighted by Crippen LogP contribution is -2.31. The molecule has 108 valence electrons. The van der Waals surface area contributed by atoms with Gasteiger partial charge in [-0.25, -0.2) is 4.79 Å². The van der Waals surface area contributed by atoms with Crippen molar-refractivity contribution < 1.29 is 14.7 Å². The Hall–Kier alpha value is -2.30. The number of likely N-dealkylation sites (N-methyl/N-ethyl adjacent to an activating group) is 1. The highest BCUT2D eigenvalue weighted by Crippen LogP contribution is 2.24. The van der Waals surface area contributed by atoms with Gasteiger partial charge in [0.1, 0.15) is 0 Å². The van der Waals surface area contributed by atoms with Crippen molar-refractivity contribution in [1.82, 2.24) is 4.90 Å². The largest absolute Gasteiger partial charge is 0.481 e. The van der Waals surface area contributed by atoms with Crippen molar-refractivity contribution in [2.24, 2.45) is 0 Å². The number of benzene rings is 1. The van der Waals surface area contributed by atoms with Crippen molar-refractivity contribution >= 4 is 17.7 Å². The first-order valence-corrected chi connectivity index (χ1v) is 6.26. The summed E-state index contributed by atoms with van der Waals surface area (Å²) in [6, 6.07) is 6.56. The minimum Gasteiger partial charge on any atom is -0.481 e. The van der Waals surface area contributed by atoms with Crippen LogP contribution < -0.4 is 5.32 Å². The number of carbonyl (C=O) groups excluding carboxylic acids is 1. The molecule has 0 aliphatic heterocycles. The van der Waals surface area contributed by atoms with Gasteiger partial charge in [-0.2, -0.15) is 0 Å². The first-order valence-electron chi connectivity index (χ1n) is 6.26. The van der Waals surface area contributed by atoms with Crippen LogP contribution in [-0.2, 0) is 10.2 Å². The second kappa shape index (κ2) is 6.23. The summed E-state index contributed by atoms with van der Waals surface area (Å²) in [4.78, 5) is 24.4. The van der Waals surface area contributed by atoms with Gasteiger partial charge in [0, 0.05) is 19.3 Å². The number of amides is 2. The molecule has 0 saturated carbocycles. The van der Waals surface area contributed by atoms with Crippen LogP contribution in [0.1, 0.15) is 19.4 Å². The first-order chi connectivity index (χ1) is 9.28. The Labute approximate surface area is 118 Å². The molecule has 1 aromatic rings. The molecule has 0 fully saturated rings. The third kappa shape index (κ3) is 3.60. The molecule has 0 atom stereocenters. The number of rotatable bonds is 5. The highest BCUT2D eigenvalue weighted by Gasteiger charge is 2.29. The van der Waals surface area contributed by atoms with Crippen LogP contribution in [0.3, 0.4) is 0 Å². The molecule has 2 amide bonds. The van der Waals surface area contributed by atoms with Gasteiger partial charge in [0.25, 0.3) is 0 Å². The van der Waals surface area contributed by atoms with Gasteiger partial charge in [0.2, 0.25) is 0 Å². The molecule has 0 bridgehead atoms. The summed E-state index contributed by atoms with van der Waals surface area (Å²) in [7, 11) is 1.67. The van der Waals surface area contributed by atoms with Gasteiger partial charge in [-0.1, -0.05) is 18.2 Å². The second-order valence-corrected chi connectivity index (χ2v) is 5.11. The van der Waals surface area contributed by atoms with Gasteiger partial charge in [0.05, 0.1) is 5.41 Å². The molecule has 2 N–H and O–H groups in total. The van der Waals surface area contributed by atoms with E-state index in [0.29, 0.717) is 17.8 Å². The van der Waals surface area contributed by atoms with E-state index in [1.165, 1.54) is 4.90 Å². The van der Waals surface area contributed by atoms with Gasteiger partial charge >= 0.3 is 12.0 Å². The number of carboxylic acid groups (broad SMARTS) is 1. The van der Waals surface area contributed by atoms with Crippen LogP contribution in [0.2, 0.25) is 0 Å². The minimum atomic E-state index is -0.956. The molecular formula is C15H20N2O3. The Morgan fingerprint density at radius 1 is 1.35 bits per heavy atom. The molecule has 1 rings (SSSR count). The number of hydrogen-bond acceptors (Lipinski definition) is 2. The maximum absolute atomic E-state index is 11.8. The maximum Gasteiger partial charge on any atom is 0.321 e. The number of carboxylic acids is 1. The van der Waals surface area contributed by atoms with E-state index in [0.717, 1.165) is 0 Å². The van der Waals surface area contributed by atoms with Crippen LogP contribution in [0.15, 0.2) is 36.9 Å². The van der Waals surface area contributed by atoms with E-state index in [1.54, 1.807) is 51.2 Å². The molecule has 5 nitrogen and oxygen atoms in total. The molecule has 0 aliphatic carbocycles. The van der Waals surface area contributed by atoms with Gasteiger partial charge in [-0.3, -0.25) is 4.79 Å². The highest BCUT2D eigenvalue weighted by molar-refractivity contribution is 5.89. The number of urea groups is 1. The molecule has 0 radical (unpaired) electrons. The van der Waals surface area contributed by atoms with Crippen LogP contribution in [0, 0.1) is 0 Å². The van der Waals surface area contributed by atoms with Crippen molar-refractivity contribution in [3.8, 4) is 0 Å². The van der Waals surface area contributed by atoms with Crippen LogP contribution in [0.5, 0.6) is 0 Å². The quantitative estimate of drug-likeness (QED) is 0.812. The summed E-state index contributed by atoms with van der Waals surface area (Å²) in [5.74, 6) is -0.889. The lowest BCUT2D eigenvalue weighted by atomic mass is 9.85. The van der Waals surface area contributed by atoms with E-state index in [4.69, 9.17) is 5.11 Å². The molecule has 20 heavy (non-hydrogen) atoms. The predicted molar refractivity (Wildman–Crippen MR) is 78.9 cm³/mol. The lowest BCUT2D eigenvalue weighted by Gasteiger charge is -2.20. The van der Waals surface area contributed by atoms with E-state index in [9.17, 15) is 9.59 Å². The number of nitrogens with zero attached hydrogens (tertiary/aromatic N) is 1. The summed E-state index contributed by atoms with van der Waals surface area (Å²) in [5.41, 5.74) is 0.348. The van der Waals surface area contributed by atoms with Crippen molar-refractivity contribution in [3.63, 3.8) is 0 Å². The fraction of sp³-hybridized carbons (Fsp3) is 0.333. The van der Waals surface area contributed by atoms with E-state index >= 15 is 0 Å². The average Bonchev–Trinajstić information content (AvgIpc) is 2.39. The SMILES string of the molecule is C=CCN(C)C(=O)Nc1ccc(C(C)(C)C(=O)O)cc1. The molecular weight excluding hydrogens is 256 g/mol. The highest BCUT2D eigenvalue weighted by atomic mass is 16.4. The fourth-order valence-electron chi connectivity index (χ4n) is 1.59. The van der Waals surface area contributed by atoms with Crippen molar-refractivity contribution in [2.75, 3.05) is 18.9 Å². The summed E-state index contributed by atoms with van der Waals surface area (Å²) in [6.45, 7) is 7.30. The standard InChI is InChI=1S/C15H20N2O3/c1-5-10-17(4)14(20)16-12-8-6-11(7-9-12)15(2,3)13(18)19/h5-9H,1,10H2,2-4H3,(H,16,20)(H,18,19). The first kappa shape index (κ1) is 15.8. The lowest BCUT2D eigenvalue weighted by molar-refractivity contribution is -0.142. The van der Waals surface area contributed by atoms with E-state index in [2.05, 4.69) is 11.9 Å². The number of nitrogens with one attached hydrogen (secondary N) is 1. The third-order valence-electron chi connectivity index (χ3n) is 3.14. The molecule has 5 heteroatoms. The normalized spacial score (nSPS) is 10.8. The zero-order chi connectivity index (χ0) is 15.3. The van der Waals surface area contributed by atoms with E-state index < -0.39 is 11.4 Å². The minimum absolute atomic E-state index is 0.241. The Bertz CT molecular complexity index is 506. The number of carbonyl (C=O) groups is 2. The third-order valence-corrected chi connectivity index (χ3v) is 3.14. The number of hydrogen-bond donors (Lipinski definition) is 2. The second-order valence-electron chi connectivity index (χ2n) is 5.11. The Kier molecular flexibility index (Phi) is 4.91. The van der Waals surface area contributed by atoms with Gasteiger partial charge in [-0.05, 0) is 31.5 Å². The van der Waals surface area contributed by atoms with E-state index in [-0.39, 0.29) is 6.03 Å². The van der Waals surface area contributed by atoms with E-state index in [1.807, 2.05) is 0 Å². The zero-order valence-corrected chi connectivity index (χ0v) is 12.0. The van der Waals surface area contributed by atoms with Crippen molar-refractivity contribution in [3.05, 3.63) is 42.5 Å². The molecule has 0 unspecified atom stereocenters. The summed E-state index contributed by atoms with van der Waals surface area (Å²) in [6.07, 6.45) is 1.64. The average molecular weight is 276 g/mol. The Morgan fingerprint density at radius 2 is 1.90 bits per heavy atom. The van der Waals surface area contributed by atoms with Crippen LogP contribution in [-0.4, -0.2) is 35.6 Å². The van der Waals surface area contributed by atoms with Crippen LogP contribution in [0.25, 0.3) is 0 Å². The van der Waals surface area contributed by atoms with Crippen LogP contribution >= 0.6 is 0 Å². The monoisotopic (exact) mass is 276 g/mol. The molecule has 1 aromatic carbocycles.